The number of hydrogen-bond donors (Lipinski definition) is 1. The quantitative estimate of drug-likeness (QED) is 0.588. The largest absolute Gasteiger partial charge is 0.489 e. The van der Waals surface area contributed by atoms with Gasteiger partial charge in [-0.1, -0.05) is 41.4 Å². The minimum Gasteiger partial charge on any atom is -0.489 e. The Bertz CT molecular complexity index is 974. The van der Waals surface area contributed by atoms with Crippen LogP contribution in [0.5, 0.6) is 17.2 Å². The van der Waals surface area contributed by atoms with Gasteiger partial charge in [-0.25, -0.2) is 0 Å². The van der Waals surface area contributed by atoms with Gasteiger partial charge in [-0.05, 0) is 42.8 Å². The first-order chi connectivity index (χ1) is 13.7. The second-order valence-corrected chi connectivity index (χ2v) is 7.18. The lowest BCUT2D eigenvalue weighted by Crippen LogP contribution is -2.15. The summed E-state index contributed by atoms with van der Waals surface area (Å²) in [7, 11) is 0. The van der Waals surface area contributed by atoms with E-state index in [1.165, 1.54) is 5.56 Å². The number of hydrogen-bond acceptors (Lipinski definition) is 4. The summed E-state index contributed by atoms with van der Waals surface area (Å²) in [4.78, 5) is 0. The average molecular weight is 396 g/mol. The van der Waals surface area contributed by atoms with Crippen LogP contribution in [0, 0.1) is 6.92 Å². The van der Waals surface area contributed by atoms with Crippen molar-refractivity contribution in [3.05, 3.63) is 82.4 Å². The van der Waals surface area contributed by atoms with Gasteiger partial charge in [0.15, 0.2) is 11.5 Å². The Kier molecular flexibility index (Phi) is 5.58. The summed E-state index contributed by atoms with van der Waals surface area (Å²) >= 11 is 6.21. The Hall–Kier alpha value is -2.85. The Morgan fingerprint density at radius 3 is 2.68 bits per heavy atom. The van der Waals surface area contributed by atoms with E-state index in [2.05, 4.69) is 30.4 Å². The van der Waals surface area contributed by atoms with Crippen molar-refractivity contribution in [3.63, 3.8) is 0 Å². The predicted molar refractivity (Wildman–Crippen MR) is 112 cm³/mol. The molecule has 1 heterocycles. The molecule has 144 valence electrons. The molecule has 0 fully saturated rings. The molecular formula is C23H22ClNO3. The Balaban J connectivity index is 1.46. The molecule has 0 unspecified atom stereocenters. The third-order valence-electron chi connectivity index (χ3n) is 4.52. The lowest BCUT2D eigenvalue weighted by atomic mass is 10.1. The Morgan fingerprint density at radius 2 is 1.82 bits per heavy atom. The van der Waals surface area contributed by atoms with Crippen LogP contribution in [0.15, 0.2) is 60.7 Å². The molecule has 4 rings (SSSR count). The van der Waals surface area contributed by atoms with E-state index in [0.717, 1.165) is 34.1 Å². The second-order valence-electron chi connectivity index (χ2n) is 6.74. The van der Waals surface area contributed by atoms with Crippen molar-refractivity contribution in [2.24, 2.45) is 0 Å². The number of halogens is 1. The third-order valence-corrected chi connectivity index (χ3v) is 4.76. The number of anilines is 1. The van der Waals surface area contributed by atoms with Crippen LogP contribution in [0.3, 0.4) is 0 Å². The summed E-state index contributed by atoms with van der Waals surface area (Å²) in [5, 5.41) is 4.09. The minimum atomic E-state index is 0.514. The van der Waals surface area contributed by atoms with Crippen molar-refractivity contribution in [2.75, 3.05) is 18.5 Å². The third kappa shape index (κ3) is 4.52. The highest BCUT2D eigenvalue weighted by Gasteiger charge is 2.12. The number of nitrogens with one attached hydrogen (secondary N) is 1. The van der Waals surface area contributed by atoms with E-state index in [0.29, 0.717) is 31.4 Å². The first kappa shape index (κ1) is 18.5. The van der Waals surface area contributed by atoms with Gasteiger partial charge in [0.2, 0.25) is 0 Å². The van der Waals surface area contributed by atoms with E-state index in [4.69, 9.17) is 25.8 Å². The van der Waals surface area contributed by atoms with Crippen molar-refractivity contribution < 1.29 is 14.2 Å². The van der Waals surface area contributed by atoms with E-state index >= 15 is 0 Å². The summed E-state index contributed by atoms with van der Waals surface area (Å²) in [6, 6.07) is 19.9. The topological polar surface area (TPSA) is 39.7 Å². The molecule has 1 aliphatic rings. The van der Waals surface area contributed by atoms with Gasteiger partial charge in [0.05, 0.1) is 0 Å². The fourth-order valence-corrected chi connectivity index (χ4v) is 3.34. The molecule has 0 aliphatic carbocycles. The van der Waals surface area contributed by atoms with Crippen LogP contribution in [-0.2, 0) is 13.2 Å². The highest BCUT2D eigenvalue weighted by molar-refractivity contribution is 6.30. The van der Waals surface area contributed by atoms with Crippen LogP contribution in [0.1, 0.15) is 16.7 Å². The van der Waals surface area contributed by atoms with E-state index in [9.17, 15) is 0 Å². The SMILES string of the molecule is Cc1cccc(COc2ccc(Cl)cc2CNc2ccc3c(c2)OCCO3)c1. The molecule has 3 aromatic carbocycles. The van der Waals surface area contributed by atoms with Gasteiger partial charge >= 0.3 is 0 Å². The lowest BCUT2D eigenvalue weighted by Gasteiger charge is -2.19. The zero-order chi connectivity index (χ0) is 19.3. The molecule has 4 nitrogen and oxygen atoms in total. The summed E-state index contributed by atoms with van der Waals surface area (Å²) < 4.78 is 17.3. The van der Waals surface area contributed by atoms with Gasteiger partial charge in [-0.3, -0.25) is 0 Å². The molecule has 1 aliphatic heterocycles. The van der Waals surface area contributed by atoms with E-state index < -0.39 is 0 Å². The molecule has 0 bridgehead atoms. The lowest BCUT2D eigenvalue weighted by molar-refractivity contribution is 0.171. The first-order valence-corrected chi connectivity index (χ1v) is 9.65. The van der Waals surface area contributed by atoms with Crippen molar-refractivity contribution in [1.82, 2.24) is 0 Å². The molecule has 0 aromatic heterocycles. The fourth-order valence-electron chi connectivity index (χ4n) is 3.14. The molecule has 1 N–H and O–H groups in total. The van der Waals surface area contributed by atoms with Crippen molar-refractivity contribution in [2.45, 2.75) is 20.1 Å². The van der Waals surface area contributed by atoms with Gasteiger partial charge in [0, 0.05) is 28.9 Å². The molecule has 0 saturated carbocycles. The molecule has 0 saturated heterocycles. The van der Waals surface area contributed by atoms with Gasteiger partial charge in [0.25, 0.3) is 0 Å². The first-order valence-electron chi connectivity index (χ1n) is 9.28. The molecule has 5 heteroatoms. The van der Waals surface area contributed by atoms with Crippen LogP contribution in [-0.4, -0.2) is 13.2 Å². The average Bonchev–Trinajstić information content (AvgIpc) is 2.71. The Morgan fingerprint density at radius 1 is 0.964 bits per heavy atom. The Labute approximate surface area is 170 Å². The molecule has 28 heavy (non-hydrogen) atoms. The monoisotopic (exact) mass is 395 g/mol. The van der Waals surface area contributed by atoms with Crippen molar-refractivity contribution in [3.8, 4) is 17.2 Å². The second kappa shape index (κ2) is 8.44. The van der Waals surface area contributed by atoms with E-state index in [1.54, 1.807) is 0 Å². The molecule has 0 spiro atoms. The number of ether oxygens (including phenoxy) is 3. The summed E-state index contributed by atoms with van der Waals surface area (Å²) in [6.07, 6.45) is 0. The number of fused-ring (bicyclic) bond motifs is 1. The molecule has 3 aromatic rings. The van der Waals surface area contributed by atoms with Crippen LogP contribution in [0.2, 0.25) is 5.02 Å². The standard InChI is InChI=1S/C23H22ClNO3/c1-16-3-2-4-17(11-16)15-28-21-7-5-19(24)12-18(21)14-25-20-6-8-22-23(13-20)27-10-9-26-22/h2-8,11-13,25H,9-10,14-15H2,1H3. The van der Waals surface area contributed by atoms with Crippen LogP contribution in [0.25, 0.3) is 0 Å². The minimum absolute atomic E-state index is 0.514. The van der Waals surface area contributed by atoms with Crippen LogP contribution >= 0.6 is 11.6 Å². The highest BCUT2D eigenvalue weighted by atomic mass is 35.5. The molecule has 0 atom stereocenters. The molecule has 0 radical (unpaired) electrons. The number of rotatable bonds is 6. The number of aryl methyl sites for hydroxylation is 1. The van der Waals surface area contributed by atoms with Gasteiger partial charge in [-0.2, -0.15) is 0 Å². The van der Waals surface area contributed by atoms with Crippen LogP contribution in [0.4, 0.5) is 5.69 Å². The van der Waals surface area contributed by atoms with Gasteiger partial charge in [-0.15, -0.1) is 0 Å². The maximum absolute atomic E-state index is 6.21. The smallest absolute Gasteiger partial charge is 0.163 e. The van der Waals surface area contributed by atoms with Crippen molar-refractivity contribution >= 4 is 17.3 Å². The summed E-state index contributed by atoms with van der Waals surface area (Å²) in [5.74, 6) is 2.36. The van der Waals surface area contributed by atoms with Gasteiger partial charge < -0.3 is 19.5 Å². The maximum Gasteiger partial charge on any atom is 0.163 e. The highest BCUT2D eigenvalue weighted by Crippen LogP contribution is 2.33. The van der Waals surface area contributed by atoms with E-state index in [1.807, 2.05) is 42.5 Å². The zero-order valence-corrected chi connectivity index (χ0v) is 16.5. The van der Waals surface area contributed by atoms with Crippen molar-refractivity contribution in [1.29, 1.82) is 0 Å². The van der Waals surface area contributed by atoms with Gasteiger partial charge in [0.1, 0.15) is 25.6 Å². The number of benzene rings is 3. The maximum atomic E-state index is 6.21. The molecular weight excluding hydrogens is 374 g/mol. The summed E-state index contributed by atoms with van der Waals surface area (Å²) in [5.41, 5.74) is 4.31. The summed E-state index contributed by atoms with van der Waals surface area (Å²) in [6.45, 7) is 4.34. The predicted octanol–water partition coefficient (Wildman–Crippen LogP) is 5.61. The fraction of sp³-hybridized carbons (Fsp3) is 0.217. The van der Waals surface area contributed by atoms with Crippen LogP contribution < -0.4 is 19.5 Å². The molecule has 0 amide bonds. The normalized spacial score (nSPS) is 12.5. The zero-order valence-electron chi connectivity index (χ0n) is 15.7. The van der Waals surface area contributed by atoms with E-state index in [-0.39, 0.29) is 0 Å².